The highest BCUT2D eigenvalue weighted by Crippen LogP contribution is 2.18. The lowest BCUT2D eigenvalue weighted by Gasteiger charge is -2.10. The third-order valence-electron chi connectivity index (χ3n) is 2.89. The highest BCUT2D eigenvalue weighted by atomic mass is 32.2. The molecular weight excluding hydrogens is 334 g/mol. The van der Waals surface area contributed by atoms with Gasteiger partial charge in [-0.05, 0) is 23.8 Å². The molecule has 23 heavy (non-hydrogen) atoms. The standard InChI is InChI=1S/C15H15N3O3S2/c1-21-14-7-5-11(6-8-14)10-23-15(22)17-16-12-3-2-4-13(9-12)18(19)20/h2-9,16H,10H2,1H3,(H,17,22). The summed E-state index contributed by atoms with van der Waals surface area (Å²) in [5.74, 6) is 1.53. The summed E-state index contributed by atoms with van der Waals surface area (Å²) >= 11 is 6.67. The Balaban J connectivity index is 1.80. The van der Waals surface area contributed by atoms with Crippen LogP contribution in [0.1, 0.15) is 5.56 Å². The number of nitro benzene ring substituents is 1. The number of hydrogen-bond acceptors (Lipinski definition) is 6. The summed E-state index contributed by atoms with van der Waals surface area (Å²) < 4.78 is 5.65. The molecule has 0 aliphatic carbocycles. The van der Waals surface area contributed by atoms with Gasteiger partial charge in [-0.15, -0.1) is 0 Å². The summed E-state index contributed by atoms with van der Waals surface area (Å²) in [5.41, 5.74) is 7.43. The van der Waals surface area contributed by atoms with Crippen LogP contribution in [0.2, 0.25) is 0 Å². The first-order valence-corrected chi connectivity index (χ1v) is 8.04. The van der Waals surface area contributed by atoms with Gasteiger partial charge in [-0.2, -0.15) is 0 Å². The summed E-state index contributed by atoms with van der Waals surface area (Å²) in [6, 6.07) is 13.9. The van der Waals surface area contributed by atoms with E-state index in [1.807, 2.05) is 24.3 Å². The molecule has 8 heteroatoms. The minimum atomic E-state index is -0.443. The highest BCUT2D eigenvalue weighted by molar-refractivity contribution is 8.22. The third kappa shape index (κ3) is 5.42. The van der Waals surface area contributed by atoms with E-state index in [9.17, 15) is 10.1 Å². The van der Waals surface area contributed by atoms with E-state index in [0.717, 1.165) is 11.3 Å². The molecule has 6 nitrogen and oxygen atoms in total. The molecule has 0 aliphatic heterocycles. The molecule has 120 valence electrons. The summed E-state index contributed by atoms with van der Waals surface area (Å²) in [6.07, 6.45) is 0. The Kier molecular flexibility index (Phi) is 6.19. The number of anilines is 1. The van der Waals surface area contributed by atoms with Gasteiger partial charge >= 0.3 is 0 Å². The van der Waals surface area contributed by atoms with Crippen LogP contribution < -0.4 is 15.6 Å². The Hall–Kier alpha value is -2.32. The van der Waals surface area contributed by atoms with E-state index >= 15 is 0 Å². The minimum absolute atomic E-state index is 0.0219. The smallest absolute Gasteiger partial charge is 0.271 e. The fraction of sp³-hybridized carbons (Fsp3) is 0.133. The molecule has 0 unspecified atom stereocenters. The van der Waals surface area contributed by atoms with Crippen LogP contribution in [0.3, 0.4) is 0 Å². The van der Waals surface area contributed by atoms with Gasteiger partial charge in [0.05, 0.1) is 17.7 Å². The van der Waals surface area contributed by atoms with Gasteiger partial charge < -0.3 is 4.74 Å². The molecule has 0 saturated heterocycles. The normalized spacial score (nSPS) is 9.96. The second kappa shape index (κ2) is 8.35. The number of nitrogens with one attached hydrogen (secondary N) is 2. The first-order valence-electron chi connectivity index (χ1n) is 6.64. The maximum absolute atomic E-state index is 10.7. The summed E-state index contributed by atoms with van der Waals surface area (Å²) in [5, 5.41) is 10.7. The number of thioether (sulfide) groups is 1. The number of rotatable bonds is 6. The van der Waals surface area contributed by atoms with Gasteiger partial charge in [-0.3, -0.25) is 21.0 Å². The lowest BCUT2D eigenvalue weighted by molar-refractivity contribution is -0.384. The molecule has 2 rings (SSSR count). The van der Waals surface area contributed by atoms with Crippen LogP contribution in [-0.2, 0) is 5.75 Å². The molecule has 0 bridgehead atoms. The maximum Gasteiger partial charge on any atom is 0.271 e. The van der Waals surface area contributed by atoms with E-state index in [4.69, 9.17) is 17.0 Å². The van der Waals surface area contributed by atoms with Gasteiger partial charge in [0.15, 0.2) is 4.32 Å². The molecular formula is C15H15N3O3S2. The monoisotopic (exact) mass is 349 g/mol. The quantitative estimate of drug-likeness (QED) is 0.467. The van der Waals surface area contributed by atoms with Crippen molar-refractivity contribution in [2.45, 2.75) is 5.75 Å². The average molecular weight is 349 g/mol. The largest absolute Gasteiger partial charge is 0.497 e. The lowest BCUT2D eigenvalue weighted by atomic mass is 10.2. The molecule has 0 fully saturated rings. The van der Waals surface area contributed by atoms with Crippen LogP contribution in [0, 0.1) is 10.1 Å². The molecule has 0 amide bonds. The Morgan fingerprint density at radius 3 is 2.70 bits per heavy atom. The van der Waals surface area contributed by atoms with E-state index in [1.165, 1.54) is 23.9 Å². The molecule has 0 atom stereocenters. The Morgan fingerprint density at radius 2 is 2.04 bits per heavy atom. The van der Waals surface area contributed by atoms with Crippen LogP contribution in [0.15, 0.2) is 48.5 Å². The minimum Gasteiger partial charge on any atom is -0.497 e. The zero-order chi connectivity index (χ0) is 16.7. The van der Waals surface area contributed by atoms with Crippen molar-refractivity contribution in [1.29, 1.82) is 0 Å². The Morgan fingerprint density at radius 1 is 1.30 bits per heavy atom. The third-order valence-corrected chi connectivity index (χ3v) is 4.19. The Labute approximate surface area is 143 Å². The zero-order valence-corrected chi connectivity index (χ0v) is 13.9. The predicted molar refractivity (Wildman–Crippen MR) is 96.7 cm³/mol. The van der Waals surface area contributed by atoms with Crippen molar-refractivity contribution in [3.05, 3.63) is 64.2 Å². The first-order chi connectivity index (χ1) is 11.1. The topological polar surface area (TPSA) is 76.4 Å². The van der Waals surface area contributed by atoms with Gasteiger partial charge in [0.2, 0.25) is 0 Å². The number of non-ortho nitro benzene ring substituents is 1. The number of thiocarbonyl (C=S) groups is 1. The lowest BCUT2D eigenvalue weighted by Crippen LogP contribution is -2.25. The Bertz CT molecular complexity index is 693. The number of nitrogens with zero attached hydrogens (tertiary/aromatic N) is 1. The second-order valence-corrected chi connectivity index (χ2v) is 6.13. The number of ether oxygens (including phenoxy) is 1. The van der Waals surface area contributed by atoms with Crippen molar-refractivity contribution in [2.24, 2.45) is 0 Å². The highest BCUT2D eigenvalue weighted by Gasteiger charge is 2.05. The van der Waals surface area contributed by atoms with E-state index in [2.05, 4.69) is 10.9 Å². The van der Waals surface area contributed by atoms with Crippen LogP contribution in [0.4, 0.5) is 11.4 Å². The van der Waals surface area contributed by atoms with Crippen molar-refractivity contribution in [3.63, 3.8) is 0 Å². The second-order valence-electron chi connectivity index (χ2n) is 4.48. The van der Waals surface area contributed by atoms with Gasteiger partial charge in [0, 0.05) is 17.9 Å². The van der Waals surface area contributed by atoms with Crippen molar-refractivity contribution in [2.75, 3.05) is 12.5 Å². The van der Waals surface area contributed by atoms with E-state index < -0.39 is 4.92 Å². The fourth-order valence-corrected chi connectivity index (χ4v) is 2.57. The van der Waals surface area contributed by atoms with Crippen LogP contribution in [0.5, 0.6) is 5.75 Å². The zero-order valence-electron chi connectivity index (χ0n) is 12.3. The van der Waals surface area contributed by atoms with Crippen molar-refractivity contribution >= 4 is 39.7 Å². The number of nitro groups is 1. The molecule has 0 heterocycles. The molecule has 0 spiro atoms. The average Bonchev–Trinajstić information content (AvgIpc) is 2.58. The van der Waals surface area contributed by atoms with Gasteiger partial charge in [0.25, 0.3) is 5.69 Å². The van der Waals surface area contributed by atoms with Crippen molar-refractivity contribution in [3.8, 4) is 5.75 Å². The number of methoxy groups -OCH3 is 1. The molecule has 0 radical (unpaired) electrons. The number of hydrogen-bond donors (Lipinski definition) is 2. The van der Waals surface area contributed by atoms with Crippen LogP contribution >= 0.6 is 24.0 Å². The van der Waals surface area contributed by atoms with Gasteiger partial charge in [-0.1, -0.05) is 42.2 Å². The molecule has 2 aromatic carbocycles. The molecule has 0 saturated carbocycles. The molecule has 2 N–H and O–H groups in total. The number of benzene rings is 2. The van der Waals surface area contributed by atoms with Crippen molar-refractivity contribution < 1.29 is 9.66 Å². The fourth-order valence-electron chi connectivity index (χ4n) is 1.73. The molecule has 0 aliphatic rings. The summed E-state index contributed by atoms with van der Waals surface area (Å²) in [4.78, 5) is 10.3. The van der Waals surface area contributed by atoms with E-state index in [1.54, 1.807) is 19.2 Å². The SMILES string of the molecule is COc1ccc(CSC(=S)NNc2cccc([N+](=O)[O-])c2)cc1. The van der Waals surface area contributed by atoms with Crippen LogP contribution in [-0.4, -0.2) is 16.4 Å². The maximum atomic E-state index is 10.7. The van der Waals surface area contributed by atoms with Crippen molar-refractivity contribution in [1.82, 2.24) is 5.43 Å². The molecule has 2 aromatic rings. The van der Waals surface area contributed by atoms with Gasteiger partial charge in [-0.25, -0.2) is 0 Å². The predicted octanol–water partition coefficient (Wildman–Crippen LogP) is 3.74. The van der Waals surface area contributed by atoms with Gasteiger partial charge in [0.1, 0.15) is 5.75 Å². The van der Waals surface area contributed by atoms with E-state index in [-0.39, 0.29) is 5.69 Å². The summed E-state index contributed by atoms with van der Waals surface area (Å²) in [7, 11) is 1.63. The summed E-state index contributed by atoms with van der Waals surface area (Å²) in [6.45, 7) is 0. The van der Waals surface area contributed by atoms with Crippen LogP contribution in [0.25, 0.3) is 0 Å². The van der Waals surface area contributed by atoms with E-state index in [0.29, 0.717) is 15.8 Å². The number of hydrazine groups is 1. The molecule has 0 aromatic heterocycles. The first kappa shape index (κ1) is 17.0.